The van der Waals surface area contributed by atoms with Gasteiger partial charge < -0.3 is 5.32 Å². The maximum atomic E-state index is 12.5. The highest BCUT2D eigenvalue weighted by atomic mass is 32.2. The van der Waals surface area contributed by atoms with Gasteiger partial charge in [-0.3, -0.25) is 4.79 Å². The van der Waals surface area contributed by atoms with Crippen LogP contribution in [0.5, 0.6) is 0 Å². The van der Waals surface area contributed by atoms with Crippen molar-refractivity contribution >= 4 is 27.3 Å². The number of aromatic nitrogens is 1. The van der Waals surface area contributed by atoms with Crippen molar-refractivity contribution in [2.75, 3.05) is 0 Å². The van der Waals surface area contributed by atoms with Gasteiger partial charge in [0.05, 0.1) is 22.1 Å². The predicted octanol–water partition coefficient (Wildman–Crippen LogP) is 2.47. The van der Waals surface area contributed by atoms with Gasteiger partial charge in [0, 0.05) is 17.0 Å². The summed E-state index contributed by atoms with van der Waals surface area (Å²) in [6.45, 7) is 2.22. The zero-order chi connectivity index (χ0) is 17.9. The van der Waals surface area contributed by atoms with Crippen molar-refractivity contribution in [3.8, 4) is 0 Å². The lowest BCUT2D eigenvalue weighted by atomic mass is 10.2. The van der Waals surface area contributed by atoms with Crippen LogP contribution in [0, 0.1) is 0 Å². The number of rotatable bonds is 8. The number of benzene rings is 1. The molecule has 0 spiro atoms. The molecule has 6 nitrogen and oxygen atoms in total. The van der Waals surface area contributed by atoms with E-state index in [1.807, 2.05) is 5.38 Å². The van der Waals surface area contributed by atoms with Crippen LogP contribution in [-0.4, -0.2) is 25.4 Å². The molecular weight excluding hydrogens is 358 g/mol. The van der Waals surface area contributed by atoms with E-state index in [0.717, 1.165) is 30.7 Å². The third-order valence-corrected chi connectivity index (χ3v) is 6.18. The van der Waals surface area contributed by atoms with E-state index < -0.39 is 10.0 Å². The molecule has 0 atom stereocenters. The van der Waals surface area contributed by atoms with Gasteiger partial charge in [-0.2, -0.15) is 0 Å². The Morgan fingerprint density at radius 2 is 2.16 bits per heavy atom. The lowest BCUT2D eigenvalue weighted by Crippen LogP contribution is -2.26. The fourth-order valence-electron chi connectivity index (χ4n) is 2.31. The summed E-state index contributed by atoms with van der Waals surface area (Å²) in [5, 5.41) is 5.74. The van der Waals surface area contributed by atoms with Gasteiger partial charge >= 0.3 is 0 Å². The average Bonchev–Trinajstić information content (AvgIpc) is 3.30. The highest BCUT2D eigenvalue weighted by molar-refractivity contribution is 7.89. The second-order valence-electron chi connectivity index (χ2n) is 6.08. The lowest BCUT2D eigenvalue weighted by molar-refractivity contribution is 0.0951. The minimum absolute atomic E-state index is 0.0833. The summed E-state index contributed by atoms with van der Waals surface area (Å²) in [5.74, 6) is -0.233. The molecule has 3 rings (SSSR count). The van der Waals surface area contributed by atoms with E-state index in [1.165, 1.54) is 23.5 Å². The summed E-state index contributed by atoms with van der Waals surface area (Å²) in [5.41, 5.74) is 1.06. The third-order valence-electron chi connectivity index (χ3n) is 3.83. The number of amides is 1. The molecular formula is C17H21N3O3S2. The van der Waals surface area contributed by atoms with E-state index in [2.05, 4.69) is 21.9 Å². The molecule has 8 heteroatoms. The first-order valence-corrected chi connectivity index (χ1v) is 10.7. The van der Waals surface area contributed by atoms with Crippen LogP contribution in [0.4, 0.5) is 0 Å². The predicted molar refractivity (Wildman–Crippen MR) is 97.1 cm³/mol. The zero-order valence-corrected chi connectivity index (χ0v) is 15.6. The number of carbonyl (C=O) groups excluding carboxylic acids is 1. The quantitative estimate of drug-likeness (QED) is 0.737. The second-order valence-corrected chi connectivity index (χ2v) is 8.79. The van der Waals surface area contributed by atoms with Gasteiger partial charge in [-0.05, 0) is 43.9 Å². The van der Waals surface area contributed by atoms with Gasteiger partial charge in [0.15, 0.2) is 0 Å². The minimum Gasteiger partial charge on any atom is -0.349 e. The van der Waals surface area contributed by atoms with E-state index in [9.17, 15) is 13.2 Å². The normalized spacial score (nSPS) is 14.4. The molecule has 1 saturated carbocycles. The number of carbonyl (C=O) groups is 1. The van der Waals surface area contributed by atoms with Crippen molar-refractivity contribution in [2.24, 2.45) is 0 Å². The third kappa shape index (κ3) is 4.87. The Morgan fingerprint density at radius 3 is 2.88 bits per heavy atom. The van der Waals surface area contributed by atoms with Gasteiger partial charge in [0.2, 0.25) is 10.0 Å². The Bertz CT molecular complexity index is 858. The molecule has 1 fully saturated rings. The van der Waals surface area contributed by atoms with E-state index >= 15 is 0 Å². The smallest absolute Gasteiger partial charge is 0.251 e. The Balaban J connectivity index is 1.67. The summed E-state index contributed by atoms with van der Waals surface area (Å²) >= 11 is 1.54. The number of aryl methyl sites for hydroxylation is 1. The van der Waals surface area contributed by atoms with Crippen LogP contribution in [0.2, 0.25) is 0 Å². The van der Waals surface area contributed by atoms with E-state index in [4.69, 9.17) is 0 Å². The molecule has 25 heavy (non-hydrogen) atoms. The van der Waals surface area contributed by atoms with Crippen molar-refractivity contribution in [3.05, 3.63) is 45.9 Å². The average molecular weight is 380 g/mol. The zero-order valence-electron chi connectivity index (χ0n) is 14.0. The van der Waals surface area contributed by atoms with Crippen LogP contribution >= 0.6 is 11.3 Å². The Morgan fingerprint density at radius 1 is 1.36 bits per heavy atom. The molecule has 1 aromatic carbocycles. The van der Waals surface area contributed by atoms with Gasteiger partial charge in [-0.1, -0.05) is 13.0 Å². The molecule has 0 radical (unpaired) electrons. The molecule has 1 aromatic heterocycles. The van der Waals surface area contributed by atoms with Gasteiger partial charge in [-0.15, -0.1) is 11.3 Å². The fourth-order valence-corrected chi connectivity index (χ4v) is 4.26. The van der Waals surface area contributed by atoms with E-state index in [1.54, 1.807) is 12.1 Å². The summed E-state index contributed by atoms with van der Waals surface area (Å²) < 4.78 is 27.5. The molecule has 2 N–H and O–H groups in total. The highest BCUT2D eigenvalue weighted by Gasteiger charge is 2.24. The van der Waals surface area contributed by atoms with Crippen LogP contribution in [0.15, 0.2) is 34.5 Å². The molecule has 0 aliphatic heterocycles. The Kier molecular flexibility index (Phi) is 5.51. The van der Waals surface area contributed by atoms with Gasteiger partial charge in [-0.25, -0.2) is 18.1 Å². The van der Waals surface area contributed by atoms with Crippen molar-refractivity contribution in [1.29, 1.82) is 0 Å². The van der Waals surface area contributed by atoms with E-state index in [-0.39, 0.29) is 23.4 Å². The van der Waals surface area contributed by atoms with Crippen molar-refractivity contribution < 1.29 is 13.2 Å². The van der Waals surface area contributed by atoms with E-state index in [0.29, 0.717) is 11.3 Å². The van der Waals surface area contributed by atoms with Crippen LogP contribution in [0.25, 0.3) is 0 Å². The molecule has 1 aliphatic rings. The number of sulfonamides is 1. The SMILES string of the molecule is CCCc1nc(CNS(=O)(=O)c2cccc(C(=O)NC3CC3)c2)cs1. The van der Waals surface area contributed by atoms with Crippen molar-refractivity contribution in [2.45, 2.75) is 50.1 Å². The lowest BCUT2D eigenvalue weighted by Gasteiger charge is -2.08. The maximum absolute atomic E-state index is 12.5. The van der Waals surface area contributed by atoms with Gasteiger partial charge in [0.1, 0.15) is 0 Å². The molecule has 134 valence electrons. The highest BCUT2D eigenvalue weighted by Crippen LogP contribution is 2.20. The maximum Gasteiger partial charge on any atom is 0.251 e. The molecule has 1 aliphatic carbocycles. The number of thiazole rings is 1. The molecule has 1 heterocycles. The minimum atomic E-state index is -3.70. The summed E-state index contributed by atoms with van der Waals surface area (Å²) in [7, 11) is -3.70. The Labute approximate surface area is 151 Å². The first-order valence-electron chi connectivity index (χ1n) is 8.32. The molecule has 0 unspecified atom stereocenters. The number of nitrogens with zero attached hydrogens (tertiary/aromatic N) is 1. The number of hydrogen-bond acceptors (Lipinski definition) is 5. The van der Waals surface area contributed by atoms with Crippen LogP contribution in [0.3, 0.4) is 0 Å². The first-order chi connectivity index (χ1) is 12.0. The summed E-state index contributed by atoms with van der Waals surface area (Å²) in [4.78, 5) is 16.6. The monoisotopic (exact) mass is 379 g/mol. The molecule has 2 aromatic rings. The van der Waals surface area contributed by atoms with Crippen LogP contribution in [0.1, 0.15) is 47.2 Å². The van der Waals surface area contributed by atoms with Crippen LogP contribution < -0.4 is 10.0 Å². The fraction of sp³-hybridized carbons (Fsp3) is 0.412. The van der Waals surface area contributed by atoms with Crippen LogP contribution in [-0.2, 0) is 23.0 Å². The van der Waals surface area contributed by atoms with Crippen molar-refractivity contribution in [3.63, 3.8) is 0 Å². The summed E-state index contributed by atoms with van der Waals surface area (Å²) in [6, 6.07) is 6.32. The van der Waals surface area contributed by atoms with Crippen molar-refractivity contribution in [1.82, 2.24) is 15.0 Å². The topological polar surface area (TPSA) is 88.2 Å². The standard InChI is InChI=1S/C17H21N3O3S2/c1-2-4-16-19-14(11-24-16)10-18-25(22,23)15-6-3-5-12(9-15)17(21)20-13-7-8-13/h3,5-6,9,11,13,18H,2,4,7-8,10H2,1H3,(H,20,21). The second kappa shape index (κ2) is 7.63. The molecule has 1 amide bonds. The molecule has 0 bridgehead atoms. The van der Waals surface area contributed by atoms with Gasteiger partial charge in [0.25, 0.3) is 5.91 Å². The largest absolute Gasteiger partial charge is 0.349 e. The summed E-state index contributed by atoms with van der Waals surface area (Å²) in [6.07, 6.45) is 3.88. The Hall–Kier alpha value is -1.77. The first kappa shape index (κ1) is 18.0. The number of hydrogen-bond donors (Lipinski definition) is 2. The molecule has 0 saturated heterocycles. The number of nitrogens with one attached hydrogen (secondary N) is 2.